The summed E-state index contributed by atoms with van der Waals surface area (Å²) in [5, 5.41) is 5.70. The van der Waals surface area contributed by atoms with Crippen molar-refractivity contribution in [2.75, 3.05) is 17.2 Å². The number of nitrogens with one attached hydrogen (secondary N) is 2. The van der Waals surface area contributed by atoms with Crippen LogP contribution in [0.3, 0.4) is 0 Å². The number of imide groups is 1. The topological polar surface area (TPSA) is 78.5 Å². The highest BCUT2D eigenvalue weighted by atomic mass is 35.5. The van der Waals surface area contributed by atoms with Crippen LogP contribution in [-0.4, -0.2) is 29.2 Å². The molecule has 1 aliphatic rings. The molecule has 3 aromatic rings. The Morgan fingerprint density at radius 2 is 1.65 bits per heavy atom. The van der Waals surface area contributed by atoms with Crippen LogP contribution >= 0.6 is 11.6 Å². The molecule has 172 valence electrons. The number of halogens is 1. The Kier molecular flexibility index (Phi) is 7.09. The normalized spacial score (nSPS) is 13.4. The van der Waals surface area contributed by atoms with Crippen molar-refractivity contribution >= 4 is 40.7 Å². The maximum Gasteiger partial charge on any atom is 0.278 e. The summed E-state index contributed by atoms with van der Waals surface area (Å²) < 4.78 is 0. The van der Waals surface area contributed by atoms with Gasteiger partial charge in [0.25, 0.3) is 17.7 Å². The van der Waals surface area contributed by atoms with E-state index in [2.05, 4.69) is 10.6 Å². The highest BCUT2D eigenvalue weighted by molar-refractivity contribution is 6.48. The average Bonchev–Trinajstić information content (AvgIpc) is 3.06. The van der Waals surface area contributed by atoms with Crippen LogP contribution in [0.15, 0.2) is 89.6 Å². The van der Waals surface area contributed by atoms with E-state index in [-0.39, 0.29) is 23.2 Å². The molecule has 3 aromatic carbocycles. The van der Waals surface area contributed by atoms with E-state index in [1.165, 1.54) is 0 Å². The van der Waals surface area contributed by atoms with Gasteiger partial charge in [0.1, 0.15) is 10.7 Å². The number of hydrogen-bond donors (Lipinski definition) is 2. The van der Waals surface area contributed by atoms with Crippen molar-refractivity contribution in [3.8, 4) is 0 Å². The summed E-state index contributed by atoms with van der Waals surface area (Å²) in [5.41, 5.74) is 3.70. The lowest BCUT2D eigenvalue weighted by molar-refractivity contribution is -0.137. The number of benzene rings is 3. The minimum Gasteiger partial charge on any atom is -0.350 e. The number of amides is 3. The number of hydrogen-bond acceptors (Lipinski definition) is 4. The van der Waals surface area contributed by atoms with Gasteiger partial charge in [-0.1, -0.05) is 73.1 Å². The van der Waals surface area contributed by atoms with Crippen molar-refractivity contribution in [3.05, 3.63) is 106 Å². The van der Waals surface area contributed by atoms with E-state index in [1.54, 1.807) is 24.3 Å². The number of anilines is 2. The third-order valence-corrected chi connectivity index (χ3v) is 5.97. The molecule has 1 aliphatic heterocycles. The fourth-order valence-corrected chi connectivity index (χ4v) is 4.00. The highest BCUT2D eigenvalue weighted by Crippen LogP contribution is 2.26. The maximum absolute atomic E-state index is 12.9. The van der Waals surface area contributed by atoms with Gasteiger partial charge in [0.2, 0.25) is 0 Å². The molecule has 0 saturated carbocycles. The molecule has 6 nitrogen and oxygen atoms in total. The predicted molar refractivity (Wildman–Crippen MR) is 134 cm³/mol. The molecular weight excluding hydrogens is 450 g/mol. The van der Waals surface area contributed by atoms with E-state index in [9.17, 15) is 14.4 Å². The lowest BCUT2D eigenvalue weighted by atomic mass is 10.1. The first-order valence-electron chi connectivity index (χ1n) is 11.0. The predicted octanol–water partition coefficient (Wildman–Crippen LogP) is 4.98. The fraction of sp³-hybridized carbons (Fsp3) is 0.148. The molecule has 0 radical (unpaired) electrons. The quantitative estimate of drug-likeness (QED) is 0.452. The molecule has 4 rings (SSSR count). The minimum atomic E-state index is -0.532. The first kappa shape index (κ1) is 23.3. The van der Waals surface area contributed by atoms with Gasteiger partial charge < -0.3 is 10.6 Å². The smallest absolute Gasteiger partial charge is 0.278 e. The second kappa shape index (κ2) is 10.4. The number of carbonyl (C=O) groups excluding carboxylic acids is 3. The van der Waals surface area contributed by atoms with Gasteiger partial charge in [-0.25, -0.2) is 0 Å². The Morgan fingerprint density at radius 3 is 2.41 bits per heavy atom. The van der Waals surface area contributed by atoms with Gasteiger partial charge in [-0.15, -0.1) is 0 Å². The van der Waals surface area contributed by atoms with Gasteiger partial charge in [0.05, 0.1) is 0 Å². The van der Waals surface area contributed by atoms with Crippen LogP contribution in [0.4, 0.5) is 11.4 Å². The lowest BCUT2D eigenvalue weighted by Gasteiger charge is -2.15. The molecule has 0 aromatic heterocycles. The Morgan fingerprint density at radius 1 is 0.912 bits per heavy atom. The fourth-order valence-electron chi connectivity index (χ4n) is 3.77. The van der Waals surface area contributed by atoms with Crippen LogP contribution in [0, 0.1) is 0 Å². The molecule has 0 unspecified atom stereocenters. The number of aryl methyl sites for hydroxylation is 1. The SMILES string of the molecule is CCc1ccccc1NC(=O)c1cccc(NC2=C(Cl)C(=O)N(CCc3ccccc3)C2=O)c1. The molecule has 0 bridgehead atoms. The Bertz CT molecular complexity index is 1270. The zero-order chi connectivity index (χ0) is 24.1. The number of para-hydroxylation sites is 1. The summed E-state index contributed by atoms with van der Waals surface area (Å²) in [4.78, 5) is 39.4. The zero-order valence-corrected chi connectivity index (χ0v) is 19.4. The summed E-state index contributed by atoms with van der Waals surface area (Å²) in [6.45, 7) is 2.25. The third kappa shape index (κ3) is 5.02. The monoisotopic (exact) mass is 473 g/mol. The highest BCUT2D eigenvalue weighted by Gasteiger charge is 2.37. The Labute approximate surface area is 203 Å². The van der Waals surface area contributed by atoms with Crippen molar-refractivity contribution < 1.29 is 14.4 Å². The standard InChI is InChI=1S/C27H24ClN3O3/c1-2-19-11-6-7-14-22(19)30-25(32)20-12-8-13-21(17-20)29-24-23(28)26(33)31(27(24)34)16-15-18-9-4-3-5-10-18/h3-14,17,29H,2,15-16H2,1H3,(H,30,32). The summed E-state index contributed by atoms with van der Waals surface area (Å²) in [6, 6.07) is 23.9. The van der Waals surface area contributed by atoms with Crippen LogP contribution < -0.4 is 10.6 Å². The van der Waals surface area contributed by atoms with Crippen molar-refractivity contribution in [1.29, 1.82) is 0 Å². The molecule has 1 heterocycles. The molecule has 34 heavy (non-hydrogen) atoms. The number of rotatable bonds is 8. The Balaban J connectivity index is 1.46. The first-order chi connectivity index (χ1) is 16.5. The van der Waals surface area contributed by atoms with Crippen LogP contribution in [-0.2, 0) is 22.4 Å². The summed E-state index contributed by atoms with van der Waals surface area (Å²) in [7, 11) is 0. The first-order valence-corrected chi connectivity index (χ1v) is 11.4. The number of carbonyl (C=O) groups is 3. The van der Waals surface area contributed by atoms with Gasteiger partial charge in [-0.3, -0.25) is 19.3 Å². The van der Waals surface area contributed by atoms with Gasteiger partial charge in [-0.05, 0) is 48.2 Å². The summed E-state index contributed by atoms with van der Waals surface area (Å²) >= 11 is 6.22. The van der Waals surface area contributed by atoms with Crippen LogP contribution in [0.1, 0.15) is 28.4 Å². The van der Waals surface area contributed by atoms with Crippen molar-refractivity contribution in [2.45, 2.75) is 19.8 Å². The minimum absolute atomic E-state index is 0.00798. The van der Waals surface area contributed by atoms with Gasteiger partial charge >= 0.3 is 0 Å². The second-order valence-corrected chi connectivity index (χ2v) is 8.24. The molecule has 0 saturated heterocycles. The maximum atomic E-state index is 12.9. The summed E-state index contributed by atoms with van der Waals surface area (Å²) in [5.74, 6) is -1.30. The van der Waals surface area contributed by atoms with E-state index < -0.39 is 11.8 Å². The molecule has 2 N–H and O–H groups in total. The van der Waals surface area contributed by atoms with Gasteiger partial charge in [-0.2, -0.15) is 0 Å². The average molecular weight is 474 g/mol. The molecule has 7 heteroatoms. The van der Waals surface area contributed by atoms with Gasteiger partial charge in [0, 0.05) is 23.5 Å². The molecule has 0 spiro atoms. The molecule has 3 amide bonds. The third-order valence-electron chi connectivity index (χ3n) is 5.62. The molecule has 0 atom stereocenters. The van der Waals surface area contributed by atoms with E-state index in [0.29, 0.717) is 17.7 Å². The van der Waals surface area contributed by atoms with Crippen LogP contribution in [0.5, 0.6) is 0 Å². The zero-order valence-electron chi connectivity index (χ0n) is 18.7. The van der Waals surface area contributed by atoms with Crippen molar-refractivity contribution in [2.24, 2.45) is 0 Å². The molecule has 0 aliphatic carbocycles. The molecule has 0 fully saturated rings. The van der Waals surface area contributed by atoms with E-state index in [4.69, 9.17) is 11.6 Å². The largest absolute Gasteiger partial charge is 0.350 e. The van der Waals surface area contributed by atoms with Crippen LogP contribution in [0.2, 0.25) is 0 Å². The lowest BCUT2D eigenvalue weighted by Crippen LogP contribution is -2.34. The van der Waals surface area contributed by atoms with E-state index >= 15 is 0 Å². The second-order valence-electron chi connectivity index (χ2n) is 7.86. The Hall–Kier alpha value is -3.90. The van der Waals surface area contributed by atoms with E-state index in [0.717, 1.165) is 28.1 Å². The van der Waals surface area contributed by atoms with Crippen molar-refractivity contribution in [3.63, 3.8) is 0 Å². The van der Waals surface area contributed by atoms with Gasteiger partial charge in [0.15, 0.2) is 0 Å². The van der Waals surface area contributed by atoms with Crippen LogP contribution in [0.25, 0.3) is 0 Å². The van der Waals surface area contributed by atoms with Crippen molar-refractivity contribution in [1.82, 2.24) is 4.90 Å². The number of nitrogens with zero attached hydrogens (tertiary/aromatic N) is 1. The van der Waals surface area contributed by atoms with E-state index in [1.807, 2.05) is 61.5 Å². The molecular formula is C27H24ClN3O3. The summed E-state index contributed by atoms with van der Waals surface area (Å²) in [6.07, 6.45) is 1.33.